The summed E-state index contributed by atoms with van der Waals surface area (Å²) in [6, 6.07) is 12.8. The van der Waals surface area contributed by atoms with E-state index in [1.807, 2.05) is 13.0 Å². The third-order valence-electron chi connectivity index (χ3n) is 5.66. The van der Waals surface area contributed by atoms with E-state index < -0.39 is 17.6 Å². The van der Waals surface area contributed by atoms with Crippen molar-refractivity contribution >= 4 is 11.8 Å². The van der Waals surface area contributed by atoms with Gasteiger partial charge >= 0.3 is 6.18 Å². The zero-order valence-corrected chi connectivity index (χ0v) is 19.6. The van der Waals surface area contributed by atoms with Gasteiger partial charge in [0.25, 0.3) is 5.91 Å². The van der Waals surface area contributed by atoms with Gasteiger partial charge in [-0.1, -0.05) is 13.0 Å². The monoisotopic (exact) mass is 502 g/mol. The van der Waals surface area contributed by atoms with E-state index in [-0.39, 0.29) is 44.4 Å². The molecule has 1 aliphatic rings. The Morgan fingerprint density at radius 1 is 0.944 bits per heavy atom. The molecule has 0 spiro atoms. The number of benzene rings is 2. The van der Waals surface area contributed by atoms with Crippen LogP contribution in [0.5, 0.6) is 11.5 Å². The first-order valence-electron chi connectivity index (χ1n) is 11.4. The van der Waals surface area contributed by atoms with E-state index in [1.54, 1.807) is 29.2 Å². The van der Waals surface area contributed by atoms with E-state index in [0.717, 1.165) is 29.8 Å². The molecule has 0 fully saturated rings. The summed E-state index contributed by atoms with van der Waals surface area (Å²) in [5.74, 6) is 0.930. The molecule has 0 saturated carbocycles. The molecule has 1 aromatic heterocycles. The Bertz CT molecular complexity index is 1190. The van der Waals surface area contributed by atoms with E-state index in [2.05, 4.69) is 0 Å². The number of rotatable bonds is 9. The van der Waals surface area contributed by atoms with E-state index in [1.165, 1.54) is 11.2 Å². The van der Waals surface area contributed by atoms with Crippen molar-refractivity contribution in [1.82, 2.24) is 9.80 Å². The van der Waals surface area contributed by atoms with Gasteiger partial charge in [0.1, 0.15) is 12.3 Å². The second-order valence-electron chi connectivity index (χ2n) is 8.32. The van der Waals surface area contributed by atoms with E-state index in [9.17, 15) is 22.8 Å². The number of amides is 2. The van der Waals surface area contributed by atoms with Gasteiger partial charge in [0.2, 0.25) is 12.7 Å². The molecule has 0 saturated heterocycles. The molecule has 0 radical (unpaired) electrons. The van der Waals surface area contributed by atoms with Gasteiger partial charge in [-0.05, 0) is 60.5 Å². The number of furan rings is 1. The molecule has 7 nitrogen and oxygen atoms in total. The summed E-state index contributed by atoms with van der Waals surface area (Å²) in [6.45, 7) is 2.42. The van der Waals surface area contributed by atoms with Crippen LogP contribution in [0, 0.1) is 0 Å². The van der Waals surface area contributed by atoms with Gasteiger partial charge in [0.05, 0.1) is 18.4 Å². The normalized spacial score (nSPS) is 12.4. The molecule has 2 aromatic carbocycles. The van der Waals surface area contributed by atoms with Crippen LogP contribution in [0.2, 0.25) is 0 Å². The van der Waals surface area contributed by atoms with Crippen LogP contribution in [0.3, 0.4) is 0 Å². The Hall–Kier alpha value is -3.95. The Morgan fingerprint density at radius 2 is 1.69 bits per heavy atom. The molecule has 0 unspecified atom stereocenters. The minimum atomic E-state index is -4.50. The lowest BCUT2D eigenvalue weighted by atomic mass is 10.1. The van der Waals surface area contributed by atoms with Crippen molar-refractivity contribution in [3.8, 4) is 11.5 Å². The Morgan fingerprint density at radius 3 is 2.36 bits per heavy atom. The molecule has 36 heavy (non-hydrogen) atoms. The quantitative estimate of drug-likeness (QED) is 0.407. The van der Waals surface area contributed by atoms with Crippen LogP contribution >= 0.6 is 0 Å². The number of hydrogen-bond acceptors (Lipinski definition) is 5. The number of carbonyl (C=O) groups excluding carboxylic acids is 2. The summed E-state index contributed by atoms with van der Waals surface area (Å²) in [5.41, 5.74) is 0.0402. The number of fused-ring (bicyclic) bond motifs is 1. The molecule has 1 aliphatic heterocycles. The zero-order chi connectivity index (χ0) is 25.7. The highest BCUT2D eigenvalue weighted by molar-refractivity contribution is 5.96. The summed E-state index contributed by atoms with van der Waals surface area (Å²) in [6.07, 6.45) is -2.42. The summed E-state index contributed by atoms with van der Waals surface area (Å²) < 4.78 is 54.9. The fourth-order valence-electron chi connectivity index (χ4n) is 3.85. The van der Waals surface area contributed by atoms with Gasteiger partial charge in [-0.3, -0.25) is 9.59 Å². The average molecular weight is 502 g/mol. The summed E-state index contributed by atoms with van der Waals surface area (Å²) in [5, 5.41) is 0. The van der Waals surface area contributed by atoms with Crippen molar-refractivity contribution < 1.29 is 36.7 Å². The predicted octanol–water partition coefficient (Wildman–Crippen LogP) is 5.11. The van der Waals surface area contributed by atoms with Crippen molar-refractivity contribution in [1.29, 1.82) is 0 Å². The Labute approximate surface area is 206 Å². The first kappa shape index (κ1) is 25.2. The highest BCUT2D eigenvalue weighted by Crippen LogP contribution is 2.33. The van der Waals surface area contributed by atoms with Crippen LogP contribution in [-0.2, 0) is 24.1 Å². The molecular weight excluding hydrogens is 477 g/mol. The number of alkyl halides is 3. The highest BCUT2D eigenvalue weighted by atomic mass is 19.4. The standard InChI is InChI=1S/C26H25F3N2O5/c1-2-11-30(25(33)19-6-8-20(9-7-19)26(27,28)29)16-24(32)31(15-21-4-3-12-34-21)14-18-5-10-22-23(13-18)36-17-35-22/h3-10,12-13H,2,11,14-17H2,1H3. The fraction of sp³-hybridized carbons (Fsp3) is 0.308. The van der Waals surface area contributed by atoms with Gasteiger partial charge in [-0.2, -0.15) is 13.2 Å². The van der Waals surface area contributed by atoms with Gasteiger partial charge in [0, 0.05) is 18.7 Å². The van der Waals surface area contributed by atoms with Crippen LogP contribution < -0.4 is 9.47 Å². The van der Waals surface area contributed by atoms with Crippen molar-refractivity contribution in [3.63, 3.8) is 0 Å². The van der Waals surface area contributed by atoms with Crippen LogP contribution in [0.25, 0.3) is 0 Å². The molecule has 0 N–H and O–H groups in total. The summed E-state index contributed by atoms with van der Waals surface area (Å²) >= 11 is 0. The van der Waals surface area contributed by atoms with Crippen molar-refractivity contribution in [2.75, 3.05) is 19.9 Å². The second-order valence-corrected chi connectivity index (χ2v) is 8.32. The first-order valence-corrected chi connectivity index (χ1v) is 11.4. The predicted molar refractivity (Wildman–Crippen MR) is 123 cm³/mol. The van der Waals surface area contributed by atoms with Crippen molar-refractivity contribution in [2.45, 2.75) is 32.6 Å². The van der Waals surface area contributed by atoms with Crippen molar-refractivity contribution in [2.24, 2.45) is 0 Å². The molecule has 190 valence electrons. The highest BCUT2D eigenvalue weighted by Gasteiger charge is 2.31. The van der Waals surface area contributed by atoms with E-state index in [4.69, 9.17) is 13.9 Å². The van der Waals surface area contributed by atoms with Gasteiger partial charge in [-0.25, -0.2) is 0 Å². The van der Waals surface area contributed by atoms with Crippen LogP contribution in [0.1, 0.15) is 40.6 Å². The number of halogens is 3. The second kappa shape index (κ2) is 10.8. The lowest BCUT2D eigenvalue weighted by Crippen LogP contribution is -2.42. The molecule has 0 atom stereocenters. The number of hydrogen-bond donors (Lipinski definition) is 0. The number of carbonyl (C=O) groups is 2. The van der Waals surface area contributed by atoms with Crippen molar-refractivity contribution in [3.05, 3.63) is 83.3 Å². The maximum absolute atomic E-state index is 13.4. The largest absolute Gasteiger partial charge is 0.467 e. The maximum Gasteiger partial charge on any atom is 0.416 e. The van der Waals surface area contributed by atoms with Crippen LogP contribution in [0.4, 0.5) is 13.2 Å². The molecule has 0 bridgehead atoms. The topological polar surface area (TPSA) is 72.2 Å². The molecule has 4 rings (SSSR count). The minimum absolute atomic E-state index is 0.0811. The Kier molecular flexibility index (Phi) is 7.52. The third-order valence-corrected chi connectivity index (χ3v) is 5.66. The lowest BCUT2D eigenvalue weighted by Gasteiger charge is -2.27. The van der Waals surface area contributed by atoms with E-state index >= 15 is 0 Å². The average Bonchev–Trinajstić information content (AvgIpc) is 3.54. The molecule has 2 heterocycles. The number of nitrogens with zero attached hydrogens (tertiary/aromatic N) is 2. The van der Waals surface area contributed by atoms with Gasteiger partial charge in [-0.15, -0.1) is 0 Å². The molecule has 3 aromatic rings. The molecular formula is C26H25F3N2O5. The number of ether oxygens (including phenoxy) is 2. The van der Waals surface area contributed by atoms with Gasteiger partial charge in [0.15, 0.2) is 11.5 Å². The smallest absolute Gasteiger partial charge is 0.416 e. The molecule has 2 amide bonds. The van der Waals surface area contributed by atoms with E-state index in [0.29, 0.717) is 23.7 Å². The summed E-state index contributed by atoms with van der Waals surface area (Å²) in [7, 11) is 0. The zero-order valence-electron chi connectivity index (χ0n) is 19.6. The minimum Gasteiger partial charge on any atom is -0.467 e. The van der Waals surface area contributed by atoms with Crippen LogP contribution in [0.15, 0.2) is 65.3 Å². The van der Waals surface area contributed by atoms with Gasteiger partial charge < -0.3 is 23.7 Å². The SMILES string of the molecule is CCCN(CC(=O)N(Cc1ccc2c(c1)OCO2)Cc1ccco1)C(=O)c1ccc(C(F)(F)F)cc1. The Balaban J connectivity index is 1.51. The molecule has 0 aliphatic carbocycles. The summed E-state index contributed by atoms with van der Waals surface area (Å²) in [4.78, 5) is 29.4. The maximum atomic E-state index is 13.4. The lowest BCUT2D eigenvalue weighted by molar-refractivity contribution is -0.137. The molecule has 10 heteroatoms. The first-order chi connectivity index (χ1) is 17.2. The fourth-order valence-corrected chi connectivity index (χ4v) is 3.85. The van der Waals surface area contributed by atoms with Crippen LogP contribution in [-0.4, -0.2) is 41.5 Å². The third kappa shape index (κ3) is 5.99.